The predicted molar refractivity (Wildman–Crippen MR) is 139 cm³/mol. The van der Waals surface area contributed by atoms with Crippen molar-refractivity contribution in [1.29, 1.82) is 0 Å². The first-order chi connectivity index (χ1) is 17.1. The van der Waals surface area contributed by atoms with Crippen LogP contribution in [0.5, 0.6) is 11.5 Å². The Morgan fingerprint density at radius 2 is 1.78 bits per heavy atom. The normalized spacial score (nSPS) is 13.2. The highest BCUT2D eigenvalue weighted by molar-refractivity contribution is 7.92. The number of hydrogen-bond donors (Lipinski definition) is 1. The summed E-state index contributed by atoms with van der Waals surface area (Å²) in [7, 11) is -2.13. The minimum atomic E-state index is -3.64. The maximum absolute atomic E-state index is 13.4. The Labute approximate surface area is 221 Å². The van der Waals surface area contributed by atoms with Crippen molar-refractivity contribution in [1.82, 2.24) is 10.2 Å². The van der Waals surface area contributed by atoms with E-state index in [-0.39, 0.29) is 44.5 Å². The van der Waals surface area contributed by atoms with Gasteiger partial charge in [-0.3, -0.25) is 13.9 Å². The van der Waals surface area contributed by atoms with Crippen LogP contribution in [0, 0.1) is 0 Å². The molecule has 0 aliphatic carbocycles. The second-order valence-corrected chi connectivity index (χ2v) is 11.0. The average Bonchev–Trinajstić information content (AvgIpc) is 3.30. The lowest BCUT2D eigenvalue weighted by molar-refractivity contribution is -0.141. The number of halogens is 2. The first kappa shape index (κ1) is 27.9. The molecule has 0 fully saturated rings. The zero-order chi connectivity index (χ0) is 26.5. The number of hydrogen-bond acceptors (Lipinski definition) is 6. The molecule has 1 atom stereocenters. The van der Waals surface area contributed by atoms with E-state index >= 15 is 0 Å². The average molecular weight is 558 g/mol. The van der Waals surface area contributed by atoms with E-state index in [1.165, 1.54) is 16.3 Å². The molecule has 12 heteroatoms. The molecule has 1 aliphatic rings. The molecule has 1 N–H and O–H groups in total. The Morgan fingerprint density at radius 3 is 2.39 bits per heavy atom. The summed E-state index contributed by atoms with van der Waals surface area (Å²) in [4.78, 5) is 27.4. The lowest BCUT2D eigenvalue weighted by atomic mass is 10.1. The monoisotopic (exact) mass is 557 g/mol. The Balaban J connectivity index is 1.78. The van der Waals surface area contributed by atoms with Crippen LogP contribution in [-0.4, -0.2) is 57.8 Å². The van der Waals surface area contributed by atoms with E-state index in [0.29, 0.717) is 39.2 Å². The molecule has 196 valence electrons. The van der Waals surface area contributed by atoms with Crippen LogP contribution in [0.2, 0.25) is 10.0 Å². The number of likely N-dealkylation sites (N-methyl/N-ethyl adjacent to an activating group) is 1. The molecule has 2 aromatic carbocycles. The maximum Gasteiger partial charge on any atom is 0.242 e. The molecule has 0 saturated heterocycles. The number of sulfonamides is 1. The van der Waals surface area contributed by atoms with Gasteiger partial charge in [-0.2, -0.15) is 0 Å². The number of rotatable bonds is 11. The summed E-state index contributed by atoms with van der Waals surface area (Å²) >= 11 is 12.7. The number of nitrogens with zero attached hydrogens (tertiary/aromatic N) is 2. The summed E-state index contributed by atoms with van der Waals surface area (Å²) in [5, 5.41) is 3.37. The quantitative estimate of drug-likeness (QED) is 0.450. The smallest absolute Gasteiger partial charge is 0.242 e. The van der Waals surface area contributed by atoms with Crippen LogP contribution in [0.4, 0.5) is 5.69 Å². The molecule has 1 aliphatic heterocycles. The molecule has 0 saturated carbocycles. The number of carbonyl (C=O) groups is 2. The zero-order valence-electron chi connectivity index (χ0n) is 20.3. The predicted octanol–water partition coefficient (Wildman–Crippen LogP) is 3.82. The zero-order valence-corrected chi connectivity index (χ0v) is 22.6. The van der Waals surface area contributed by atoms with Crippen LogP contribution in [0.15, 0.2) is 36.4 Å². The van der Waals surface area contributed by atoms with E-state index in [0.717, 1.165) is 6.26 Å². The minimum absolute atomic E-state index is 0.00609. The number of fused-ring (bicyclic) bond motifs is 1. The maximum atomic E-state index is 13.4. The van der Waals surface area contributed by atoms with Crippen LogP contribution in [0.3, 0.4) is 0 Å². The van der Waals surface area contributed by atoms with Crippen molar-refractivity contribution in [2.45, 2.75) is 38.8 Å². The van der Waals surface area contributed by atoms with Gasteiger partial charge in [-0.25, -0.2) is 8.42 Å². The summed E-state index contributed by atoms with van der Waals surface area (Å²) in [5.41, 5.74) is 0.945. The van der Waals surface area contributed by atoms with Crippen LogP contribution < -0.4 is 19.1 Å². The third-order valence-corrected chi connectivity index (χ3v) is 7.72. The lowest BCUT2D eigenvalue weighted by Gasteiger charge is -2.31. The van der Waals surface area contributed by atoms with Gasteiger partial charge in [0.2, 0.25) is 28.6 Å². The number of benzene rings is 2. The summed E-state index contributed by atoms with van der Waals surface area (Å²) in [6.07, 6.45) is 1.70. The fraction of sp³-hybridized carbons (Fsp3) is 0.417. The van der Waals surface area contributed by atoms with Gasteiger partial charge in [0.1, 0.15) is 6.04 Å². The van der Waals surface area contributed by atoms with Crippen molar-refractivity contribution in [3.05, 3.63) is 52.0 Å². The highest BCUT2D eigenvalue weighted by Crippen LogP contribution is 2.36. The van der Waals surface area contributed by atoms with Gasteiger partial charge in [-0.05, 0) is 37.1 Å². The van der Waals surface area contributed by atoms with E-state index < -0.39 is 16.1 Å². The van der Waals surface area contributed by atoms with E-state index in [2.05, 4.69) is 5.32 Å². The van der Waals surface area contributed by atoms with Gasteiger partial charge >= 0.3 is 0 Å². The van der Waals surface area contributed by atoms with Crippen LogP contribution in [0.1, 0.15) is 31.7 Å². The molecule has 36 heavy (non-hydrogen) atoms. The van der Waals surface area contributed by atoms with E-state index in [4.69, 9.17) is 32.7 Å². The highest BCUT2D eigenvalue weighted by Gasteiger charge is 2.29. The van der Waals surface area contributed by atoms with Crippen molar-refractivity contribution in [2.75, 3.05) is 30.9 Å². The number of anilines is 1. The summed E-state index contributed by atoms with van der Waals surface area (Å²) < 4.78 is 36.9. The molecule has 2 amide bonds. The van der Waals surface area contributed by atoms with Gasteiger partial charge in [-0.1, -0.05) is 36.2 Å². The van der Waals surface area contributed by atoms with Crippen molar-refractivity contribution in [3.63, 3.8) is 0 Å². The van der Waals surface area contributed by atoms with Gasteiger partial charge < -0.3 is 19.7 Å². The fourth-order valence-electron chi connectivity index (χ4n) is 3.98. The molecule has 1 heterocycles. The van der Waals surface area contributed by atoms with Gasteiger partial charge in [0.25, 0.3) is 0 Å². The number of ether oxygens (including phenoxy) is 2. The molecule has 1 unspecified atom stereocenters. The molecule has 0 spiro atoms. The Morgan fingerprint density at radius 1 is 1.11 bits per heavy atom. The fourth-order valence-corrected chi connectivity index (χ4v) is 5.46. The van der Waals surface area contributed by atoms with Gasteiger partial charge in [0.15, 0.2) is 11.5 Å². The van der Waals surface area contributed by atoms with Gasteiger partial charge in [0, 0.05) is 48.2 Å². The second kappa shape index (κ2) is 12.0. The molecule has 2 aromatic rings. The number of nitrogens with one attached hydrogen (secondary N) is 1. The van der Waals surface area contributed by atoms with Crippen LogP contribution in [0.25, 0.3) is 0 Å². The van der Waals surface area contributed by atoms with Crippen LogP contribution in [-0.2, 0) is 26.2 Å². The molecule has 9 nitrogen and oxygen atoms in total. The largest absolute Gasteiger partial charge is 0.454 e. The molecular formula is C24H29Cl2N3O6S. The van der Waals surface area contributed by atoms with E-state index in [1.54, 1.807) is 43.3 Å². The van der Waals surface area contributed by atoms with Gasteiger partial charge in [0.05, 0.1) is 11.9 Å². The molecule has 0 radical (unpaired) electrons. The first-order valence-electron chi connectivity index (χ1n) is 11.4. The second-order valence-electron chi connectivity index (χ2n) is 8.24. The minimum Gasteiger partial charge on any atom is -0.454 e. The highest BCUT2D eigenvalue weighted by atomic mass is 35.5. The standard InChI is InChI=1S/C24H29Cl2N3O6S/c1-4-20(24(31)27-2)28(14-17-18(25)7-5-8-19(17)26)23(30)9-6-12-29(36(3,32)33)16-10-11-21-22(13-16)35-15-34-21/h5,7-8,10-11,13,20H,4,6,9,12,14-15H2,1-3H3,(H,27,31). The molecule has 0 aromatic heterocycles. The van der Waals surface area contributed by atoms with E-state index in [9.17, 15) is 18.0 Å². The Hall–Kier alpha value is -2.69. The summed E-state index contributed by atoms with van der Waals surface area (Å²) in [6, 6.07) is 9.16. The van der Waals surface area contributed by atoms with Crippen molar-refractivity contribution >= 4 is 50.7 Å². The van der Waals surface area contributed by atoms with Crippen LogP contribution >= 0.6 is 23.2 Å². The first-order valence-corrected chi connectivity index (χ1v) is 14.0. The van der Waals surface area contributed by atoms with Gasteiger partial charge in [-0.15, -0.1) is 0 Å². The Kier molecular flexibility index (Phi) is 9.32. The SMILES string of the molecule is CCC(C(=O)NC)N(Cc1c(Cl)cccc1Cl)C(=O)CCCN(c1ccc2c(c1)OCO2)S(C)(=O)=O. The topological polar surface area (TPSA) is 105 Å². The number of carbonyl (C=O) groups excluding carboxylic acids is 2. The summed E-state index contributed by atoms with van der Waals surface area (Å²) in [6.45, 7) is 1.98. The number of amides is 2. The molecule has 0 bridgehead atoms. The summed E-state index contributed by atoms with van der Waals surface area (Å²) in [5.74, 6) is 0.361. The Bertz CT molecular complexity index is 1200. The third kappa shape index (κ3) is 6.54. The molecule has 3 rings (SSSR count). The van der Waals surface area contributed by atoms with Crippen molar-refractivity contribution in [2.24, 2.45) is 0 Å². The lowest BCUT2D eigenvalue weighted by Crippen LogP contribution is -2.48. The van der Waals surface area contributed by atoms with E-state index in [1.807, 2.05) is 0 Å². The van der Waals surface area contributed by atoms with Crippen molar-refractivity contribution in [3.8, 4) is 11.5 Å². The third-order valence-electron chi connectivity index (χ3n) is 5.82. The van der Waals surface area contributed by atoms with Crippen molar-refractivity contribution < 1.29 is 27.5 Å². The molecular weight excluding hydrogens is 529 g/mol.